The maximum atomic E-state index is 4.24. The summed E-state index contributed by atoms with van der Waals surface area (Å²) in [6.45, 7) is 8.50. The van der Waals surface area contributed by atoms with Crippen molar-refractivity contribution in [3.63, 3.8) is 0 Å². The van der Waals surface area contributed by atoms with E-state index in [4.69, 9.17) is 0 Å². The Morgan fingerprint density at radius 3 is 2.80 bits per heavy atom. The molecule has 0 aliphatic rings. The zero-order valence-electron chi connectivity index (χ0n) is 6.46. The van der Waals surface area contributed by atoms with Crippen molar-refractivity contribution in [2.24, 2.45) is 0 Å². The Morgan fingerprint density at radius 2 is 2.40 bits per heavy atom. The maximum absolute atomic E-state index is 4.24. The van der Waals surface area contributed by atoms with E-state index in [1.54, 1.807) is 0 Å². The van der Waals surface area contributed by atoms with Crippen LogP contribution >= 0.6 is 0 Å². The third kappa shape index (κ3) is 1.26. The molecule has 1 heterocycles. The summed E-state index contributed by atoms with van der Waals surface area (Å²) >= 11 is 0. The van der Waals surface area contributed by atoms with E-state index in [0.29, 0.717) is 0 Å². The van der Waals surface area contributed by atoms with Crippen molar-refractivity contribution in [1.29, 1.82) is 0 Å². The second-order valence-electron chi connectivity index (χ2n) is 2.37. The van der Waals surface area contributed by atoms with Gasteiger partial charge < -0.3 is 4.57 Å². The van der Waals surface area contributed by atoms with E-state index in [9.17, 15) is 0 Å². The van der Waals surface area contributed by atoms with E-state index in [0.717, 1.165) is 18.1 Å². The molecule has 0 radical (unpaired) electrons. The lowest BCUT2D eigenvalue weighted by molar-refractivity contribution is 0.782. The molecule has 0 bridgehead atoms. The molecule has 0 aliphatic carbocycles. The summed E-state index contributed by atoms with van der Waals surface area (Å²) in [5, 5.41) is 0. The van der Waals surface area contributed by atoms with Crippen molar-refractivity contribution in [3.05, 3.63) is 30.4 Å². The number of aryl methyl sites for hydroxylation is 2. The highest BCUT2D eigenvalue weighted by molar-refractivity contribution is 5.01. The molecule has 0 aliphatic heterocycles. The van der Waals surface area contributed by atoms with Crippen molar-refractivity contribution in [2.75, 3.05) is 0 Å². The van der Waals surface area contributed by atoms with Crippen LogP contribution in [0.2, 0.25) is 0 Å². The Labute approximate surface area is 61.2 Å². The van der Waals surface area contributed by atoms with Crippen LogP contribution in [-0.4, -0.2) is 9.55 Å². The molecule has 0 spiro atoms. The lowest BCUT2D eigenvalue weighted by Gasteiger charge is -1.96. The zero-order chi connectivity index (χ0) is 7.56. The van der Waals surface area contributed by atoms with Gasteiger partial charge in [0.05, 0.1) is 5.69 Å². The summed E-state index contributed by atoms with van der Waals surface area (Å²) in [5.41, 5.74) is 1.07. The van der Waals surface area contributed by atoms with Gasteiger partial charge in [-0.3, -0.25) is 0 Å². The van der Waals surface area contributed by atoms with Crippen LogP contribution in [0.4, 0.5) is 0 Å². The van der Waals surface area contributed by atoms with E-state index in [1.165, 1.54) is 0 Å². The summed E-state index contributed by atoms with van der Waals surface area (Å²) in [6.07, 6.45) is 3.89. The molecule has 0 fully saturated rings. The fourth-order valence-corrected chi connectivity index (χ4v) is 0.991. The molecule has 2 heteroatoms. The van der Waals surface area contributed by atoms with Gasteiger partial charge in [0.15, 0.2) is 0 Å². The van der Waals surface area contributed by atoms with Crippen LogP contribution < -0.4 is 0 Å². The molecule has 0 saturated carbocycles. The Bertz CT molecular complexity index is 235. The Balaban J connectivity index is 2.91. The molecule has 0 aromatic carbocycles. The summed E-state index contributed by atoms with van der Waals surface area (Å²) < 4.78 is 2.07. The lowest BCUT2D eigenvalue weighted by atomic mass is 10.5. The smallest absolute Gasteiger partial charge is 0.106 e. The quantitative estimate of drug-likeness (QED) is 0.566. The van der Waals surface area contributed by atoms with Crippen molar-refractivity contribution in [3.8, 4) is 0 Å². The number of allylic oxidation sites excluding steroid dienone is 1. The van der Waals surface area contributed by atoms with E-state index in [2.05, 4.69) is 16.1 Å². The topological polar surface area (TPSA) is 17.8 Å². The fraction of sp³-hybridized carbons (Fsp3) is 0.375. The molecule has 0 saturated heterocycles. The van der Waals surface area contributed by atoms with Gasteiger partial charge in [0.1, 0.15) is 5.82 Å². The number of hydrogen-bond acceptors (Lipinski definition) is 1. The molecule has 2 nitrogen and oxygen atoms in total. The first-order valence-electron chi connectivity index (χ1n) is 3.35. The van der Waals surface area contributed by atoms with Gasteiger partial charge in [-0.1, -0.05) is 6.08 Å². The summed E-state index contributed by atoms with van der Waals surface area (Å²) in [5.74, 6) is 1.05. The molecule has 0 amide bonds. The van der Waals surface area contributed by atoms with Crippen LogP contribution in [-0.2, 0) is 6.54 Å². The summed E-state index contributed by atoms with van der Waals surface area (Å²) in [6, 6.07) is 0. The maximum Gasteiger partial charge on any atom is 0.106 e. The van der Waals surface area contributed by atoms with Gasteiger partial charge in [0.2, 0.25) is 0 Å². The number of hydrogen-bond donors (Lipinski definition) is 0. The molecule has 1 aromatic rings. The van der Waals surface area contributed by atoms with E-state index in [1.807, 2.05) is 26.1 Å². The third-order valence-electron chi connectivity index (χ3n) is 1.42. The second-order valence-corrected chi connectivity index (χ2v) is 2.37. The minimum absolute atomic E-state index is 0.854. The van der Waals surface area contributed by atoms with Gasteiger partial charge in [0, 0.05) is 12.7 Å². The number of rotatable bonds is 2. The number of aromatic nitrogens is 2. The highest BCUT2D eigenvalue weighted by Crippen LogP contribution is 1.99. The summed E-state index contributed by atoms with van der Waals surface area (Å²) in [7, 11) is 0. The number of nitrogens with zero attached hydrogens (tertiary/aromatic N) is 2. The number of imidazole rings is 1. The van der Waals surface area contributed by atoms with Gasteiger partial charge in [0.25, 0.3) is 0 Å². The lowest BCUT2D eigenvalue weighted by Crippen LogP contribution is -1.94. The average Bonchev–Trinajstić information content (AvgIpc) is 2.13. The first-order chi connectivity index (χ1) is 4.74. The highest BCUT2D eigenvalue weighted by atomic mass is 15.1. The van der Waals surface area contributed by atoms with Gasteiger partial charge in [-0.15, -0.1) is 6.58 Å². The van der Waals surface area contributed by atoms with Gasteiger partial charge >= 0.3 is 0 Å². The van der Waals surface area contributed by atoms with Crippen LogP contribution in [0.15, 0.2) is 18.9 Å². The minimum atomic E-state index is 0.854. The molecular weight excluding hydrogens is 124 g/mol. The zero-order valence-corrected chi connectivity index (χ0v) is 6.46. The first kappa shape index (κ1) is 7.06. The van der Waals surface area contributed by atoms with Crippen molar-refractivity contribution < 1.29 is 0 Å². The standard InChI is InChI=1S/C8H12N2/c1-4-5-10-6-7(2)9-8(10)3/h4,6H,1,5H2,2-3H3. The van der Waals surface area contributed by atoms with Crippen molar-refractivity contribution in [2.45, 2.75) is 20.4 Å². The molecule has 54 valence electrons. The molecule has 0 N–H and O–H groups in total. The van der Waals surface area contributed by atoms with E-state index < -0.39 is 0 Å². The van der Waals surface area contributed by atoms with E-state index >= 15 is 0 Å². The van der Waals surface area contributed by atoms with Crippen LogP contribution in [0.3, 0.4) is 0 Å². The van der Waals surface area contributed by atoms with Crippen molar-refractivity contribution in [1.82, 2.24) is 9.55 Å². The second kappa shape index (κ2) is 2.69. The monoisotopic (exact) mass is 136 g/mol. The van der Waals surface area contributed by atoms with Gasteiger partial charge in [-0.25, -0.2) is 4.98 Å². The van der Waals surface area contributed by atoms with E-state index in [-0.39, 0.29) is 0 Å². The Hall–Kier alpha value is -1.05. The van der Waals surface area contributed by atoms with Crippen LogP contribution in [0, 0.1) is 13.8 Å². The third-order valence-corrected chi connectivity index (χ3v) is 1.42. The molecule has 10 heavy (non-hydrogen) atoms. The predicted molar refractivity (Wildman–Crippen MR) is 41.9 cm³/mol. The van der Waals surface area contributed by atoms with Crippen LogP contribution in [0.25, 0.3) is 0 Å². The largest absolute Gasteiger partial charge is 0.331 e. The van der Waals surface area contributed by atoms with Crippen molar-refractivity contribution >= 4 is 0 Å². The molecule has 0 unspecified atom stereocenters. The normalized spacial score (nSPS) is 9.80. The molecular formula is C8H12N2. The first-order valence-corrected chi connectivity index (χ1v) is 3.35. The van der Waals surface area contributed by atoms with Gasteiger partial charge in [-0.05, 0) is 13.8 Å². The molecule has 1 aromatic heterocycles. The fourth-order valence-electron chi connectivity index (χ4n) is 0.991. The predicted octanol–water partition coefficient (Wildman–Crippen LogP) is 1.69. The average molecular weight is 136 g/mol. The van der Waals surface area contributed by atoms with Crippen LogP contribution in [0.1, 0.15) is 11.5 Å². The Kier molecular flexibility index (Phi) is 1.90. The molecule has 1 rings (SSSR count). The summed E-state index contributed by atoms with van der Waals surface area (Å²) in [4.78, 5) is 4.24. The molecule has 0 atom stereocenters. The highest BCUT2D eigenvalue weighted by Gasteiger charge is 1.95. The SMILES string of the molecule is C=CCn1cc(C)nc1C. The Morgan fingerprint density at radius 1 is 1.70 bits per heavy atom. The minimum Gasteiger partial charge on any atom is -0.331 e. The van der Waals surface area contributed by atoms with Crippen LogP contribution in [0.5, 0.6) is 0 Å². The van der Waals surface area contributed by atoms with Gasteiger partial charge in [-0.2, -0.15) is 0 Å².